The predicted molar refractivity (Wildman–Crippen MR) is 107 cm³/mol. The summed E-state index contributed by atoms with van der Waals surface area (Å²) in [6.45, 7) is 2.33. The van der Waals surface area contributed by atoms with E-state index in [1.54, 1.807) is 49.6 Å². The second-order valence-electron chi connectivity index (χ2n) is 5.57. The number of urea groups is 1. The second kappa shape index (κ2) is 8.02. The molecule has 140 valence electrons. The number of hydrogen-bond donors (Lipinski definition) is 1. The molecule has 2 aromatic carbocycles. The fourth-order valence-electron chi connectivity index (χ4n) is 2.63. The van der Waals surface area contributed by atoms with Crippen molar-refractivity contribution in [2.24, 2.45) is 0 Å². The van der Waals surface area contributed by atoms with Crippen LogP contribution in [0.2, 0.25) is 5.02 Å². The van der Waals surface area contributed by atoms with Gasteiger partial charge in [0.1, 0.15) is 5.70 Å². The molecule has 1 fully saturated rings. The third kappa shape index (κ3) is 3.94. The van der Waals surface area contributed by atoms with Crippen LogP contribution in [0.25, 0.3) is 6.08 Å². The lowest BCUT2D eigenvalue weighted by Gasteiger charge is -2.12. The van der Waals surface area contributed by atoms with Crippen molar-refractivity contribution >= 4 is 51.2 Å². The van der Waals surface area contributed by atoms with Gasteiger partial charge in [-0.25, -0.2) is 9.69 Å². The first-order valence-electron chi connectivity index (χ1n) is 8.07. The van der Waals surface area contributed by atoms with E-state index in [9.17, 15) is 9.59 Å². The van der Waals surface area contributed by atoms with E-state index in [1.807, 2.05) is 6.92 Å². The fourth-order valence-corrected chi connectivity index (χ4v) is 3.25. The molecule has 0 radical (unpaired) electrons. The predicted octanol–water partition coefficient (Wildman–Crippen LogP) is 4.61. The van der Waals surface area contributed by atoms with Gasteiger partial charge in [-0.1, -0.05) is 33.6 Å². The van der Waals surface area contributed by atoms with Crippen LogP contribution in [0.15, 0.2) is 46.6 Å². The molecular weight excluding hydrogens is 436 g/mol. The molecule has 1 saturated heterocycles. The van der Waals surface area contributed by atoms with Crippen molar-refractivity contribution in [3.05, 3.63) is 57.2 Å². The third-order valence-corrected chi connectivity index (χ3v) is 4.75. The number of anilines is 1. The summed E-state index contributed by atoms with van der Waals surface area (Å²) in [6.07, 6.45) is 1.58. The van der Waals surface area contributed by atoms with E-state index < -0.39 is 11.9 Å². The zero-order valence-corrected chi connectivity index (χ0v) is 16.9. The van der Waals surface area contributed by atoms with Crippen LogP contribution in [0.1, 0.15) is 12.5 Å². The normalized spacial score (nSPS) is 15.3. The molecule has 0 atom stereocenters. The van der Waals surface area contributed by atoms with Crippen LogP contribution in [0.4, 0.5) is 10.5 Å². The van der Waals surface area contributed by atoms with Crippen LogP contribution >= 0.6 is 27.5 Å². The summed E-state index contributed by atoms with van der Waals surface area (Å²) in [5, 5.41) is 3.03. The molecule has 2 aromatic rings. The molecule has 8 heteroatoms. The average Bonchev–Trinajstić information content (AvgIpc) is 2.91. The summed E-state index contributed by atoms with van der Waals surface area (Å²) in [5.74, 6) is 0.634. The highest BCUT2D eigenvalue weighted by Crippen LogP contribution is 2.35. The molecule has 6 nitrogen and oxygen atoms in total. The number of hydrogen-bond acceptors (Lipinski definition) is 4. The molecule has 0 aliphatic carbocycles. The molecule has 0 saturated carbocycles. The molecule has 1 aliphatic heterocycles. The number of methoxy groups -OCH3 is 1. The number of amides is 3. The molecule has 1 N–H and O–H groups in total. The lowest BCUT2D eigenvalue weighted by atomic mass is 10.1. The zero-order valence-electron chi connectivity index (χ0n) is 14.6. The van der Waals surface area contributed by atoms with Gasteiger partial charge >= 0.3 is 6.03 Å². The Balaban J connectivity index is 1.97. The fraction of sp³-hybridized carbons (Fsp3) is 0.158. The molecule has 27 heavy (non-hydrogen) atoms. The average molecular weight is 452 g/mol. The smallest absolute Gasteiger partial charge is 0.333 e. The van der Waals surface area contributed by atoms with Crippen molar-refractivity contribution in [2.75, 3.05) is 18.6 Å². The van der Waals surface area contributed by atoms with Gasteiger partial charge in [0, 0.05) is 9.50 Å². The van der Waals surface area contributed by atoms with E-state index in [1.165, 1.54) is 0 Å². The standard InChI is InChI=1S/C19H16BrClN2O4/c1-3-27-17-8-11(14(20)10-16(17)26-2)7-15-18(24)23(19(25)22-15)13-6-4-5-12(21)9-13/h4-10H,3H2,1-2H3,(H,22,25)/b15-7+. The van der Waals surface area contributed by atoms with Crippen molar-refractivity contribution in [1.29, 1.82) is 0 Å². The summed E-state index contributed by atoms with van der Waals surface area (Å²) in [4.78, 5) is 26.1. The van der Waals surface area contributed by atoms with E-state index in [2.05, 4.69) is 21.2 Å². The number of benzene rings is 2. The van der Waals surface area contributed by atoms with Gasteiger partial charge in [-0.05, 0) is 48.9 Å². The minimum absolute atomic E-state index is 0.147. The van der Waals surface area contributed by atoms with Gasteiger partial charge in [0.25, 0.3) is 5.91 Å². The monoisotopic (exact) mass is 450 g/mol. The Kier molecular flexibility index (Phi) is 5.72. The number of carbonyl (C=O) groups is 2. The first kappa shape index (κ1) is 19.3. The summed E-state index contributed by atoms with van der Waals surface area (Å²) >= 11 is 9.42. The maximum Gasteiger partial charge on any atom is 0.333 e. The number of nitrogens with zero attached hydrogens (tertiary/aromatic N) is 1. The van der Waals surface area contributed by atoms with Crippen LogP contribution in [0, 0.1) is 0 Å². The quantitative estimate of drug-likeness (QED) is 0.532. The van der Waals surface area contributed by atoms with Crippen LogP contribution in [-0.2, 0) is 4.79 Å². The Hall–Kier alpha value is -2.51. The summed E-state index contributed by atoms with van der Waals surface area (Å²) < 4.78 is 11.6. The highest BCUT2D eigenvalue weighted by atomic mass is 79.9. The van der Waals surface area contributed by atoms with Crippen molar-refractivity contribution in [1.82, 2.24) is 5.32 Å². The molecular formula is C19H16BrClN2O4. The molecule has 0 bridgehead atoms. The van der Waals surface area contributed by atoms with Gasteiger partial charge in [-0.2, -0.15) is 0 Å². The maximum absolute atomic E-state index is 12.7. The summed E-state index contributed by atoms with van der Waals surface area (Å²) in [6, 6.07) is 9.48. The molecule has 0 aromatic heterocycles. The Labute approximate surface area is 169 Å². The van der Waals surface area contributed by atoms with Gasteiger partial charge in [0.05, 0.1) is 19.4 Å². The van der Waals surface area contributed by atoms with Crippen molar-refractivity contribution in [3.63, 3.8) is 0 Å². The number of rotatable bonds is 5. The summed E-state index contributed by atoms with van der Waals surface area (Å²) in [7, 11) is 1.55. The number of ether oxygens (including phenoxy) is 2. The highest BCUT2D eigenvalue weighted by Gasteiger charge is 2.35. The first-order valence-corrected chi connectivity index (χ1v) is 9.24. The number of halogens is 2. The number of carbonyl (C=O) groups excluding carboxylic acids is 2. The molecule has 1 heterocycles. The molecule has 1 aliphatic rings. The lowest BCUT2D eigenvalue weighted by molar-refractivity contribution is -0.113. The zero-order chi connectivity index (χ0) is 19.6. The molecule has 0 unspecified atom stereocenters. The Bertz CT molecular complexity index is 945. The summed E-state index contributed by atoms with van der Waals surface area (Å²) in [5.41, 5.74) is 1.21. The Morgan fingerprint density at radius 2 is 2.00 bits per heavy atom. The molecule has 0 spiro atoms. The Morgan fingerprint density at radius 1 is 1.22 bits per heavy atom. The molecule has 3 rings (SSSR count). The van der Waals surface area contributed by atoms with Gasteiger partial charge < -0.3 is 14.8 Å². The van der Waals surface area contributed by atoms with E-state index in [-0.39, 0.29) is 5.70 Å². The minimum Gasteiger partial charge on any atom is -0.493 e. The lowest BCUT2D eigenvalue weighted by Crippen LogP contribution is -2.30. The second-order valence-corrected chi connectivity index (χ2v) is 6.86. The van der Waals surface area contributed by atoms with Crippen LogP contribution in [-0.4, -0.2) is 25.7 Å². The van der Waals surface area contributed by atoms with Crippen LogP contribution in [0.3, 0.4) is 0 Å². The van der Waals surface area contributed by atoms with Gasteiger partial charge in [0.15, 0.2) is 11.5 Å². The maximum atomic E-state index is 12.7. The SMILES string of the molecule is CCOc1cc(/C=C2/NC(=O)N(c3cccc(Cl)c3)C2=O)c(Br)cc1OC. The van der Waals surface area contributed by atoms with Gasteiger partial charge in [-0.3, -0.25) is 4.79 Å². The van der Waals surface area contributed by atoms with E-state index in [0.717, 1.165) is 4.90 Å². The highest BCUT2D eigenvalue weighted by molar-refractivity contribution is 9.10. The van der Waals surface area contributed by atoms with Crippen molar-refractivity contribution in [2.45, 2.75) is 6.92 Å². The minimum atomic E-state index is -0.539. The van der Waals surface area contributed by atoms with Gasteiger partial charge in [-0.15, -0.1) is 0 Å². The largest absolute Gasteiger partial charge is 0.493 e. The first-order chi connectivity index (χ1) is 12.9. The third-order valence-electron chi connectivity index (χ3n) is 3.83. The molecule has 3 amide bonds. The van der Waals surface area contributed by atoms with Gasteiger partial charge in [0.2, 0.25) is 0 Å². The van der Waals surface area contributed by atoms with Crippen LogP contribution < -0.4 is 19.7 Å². The van der Waals surface area contributed by atoms with Crippen molar-refractivity contribution < 1.29 is 19.1 Å². The number of nitrogens with one attached hydrogen (secondary N) is 1. The topological polar surface area (TPSA) is 67.9 Å². The van der Waals surface area contributed by atoms with Crippen LogP contribution in [0.5, 0.6) is 11.5 Å². The van der Waals surface area contributed by atoms with E-state index in [4.69, 9.17) is 21.1 Å². The Morgan fingerprint density at radius 3 is 2.67 bits per heavy atom. The van der Waals surface area contributed by atoms with E-state index >= 15 is 0 Å². The van der Waals surface area contributed by atoms with Crippen molar-refractivity contribution in [3.8, 4) is 11.5 Å². The number of imide groups is 1. The van der Waals surface area contributed by atoms with E-state index in [0.29, 0.717) is 38.9 Å².